The molecular formula is C9H14O3. The fourth-order valence-electron chi connectivity index (χ4n) is 2.46. The Kier molecular flexibility index (Phi) is 1.83. The molecule has 0 amide bonds. The van der Waals surface area contributed by atoms with Crippen molar-refractivity contribution < 1.29 is 14.6 Å². The molecule has 0 bridgehead atoms. The van der Waals surface area contributed by atoms with Crippen molar-refractivity contribution in [2.45, 2.75) is 25.7 Å². The molecule has 68 valence electrons. The van der Waals surface area contributed by atoms with Gasteiger partial charge in [-0.1, -0.05) is 0 Å². The number of carboxylic acids is 1. The van der Waals surface area contributed by atoms with E-state index in [-0.39, 0.29) is 11.3 Å². The Morgan fingerprint density at radius 2 is 2.00 bits per heavy atom. The van der Waals surface area contributed by atoms with Gasteiger partial charge in [-0.3, -0.25) is 4.79 Å². The van der Waals surface area contributed by atoms with Gasteiger partial charge >= 0.3 is 5.97 Å². The summed E-state index contributed by atoms with van der Waals surface area (Å²) in [5.41, 5.74) is 0.115. The Morgan fingerprint density at radius 1 is 1.33 bits per heavy atom. The van der Waals surface area contributed by atoms with Crippen LogP contribution in [0.3, 0.4) is 0 Å². The van der Waals surface area contributed by atoms with Gasteiger partial charge in [0, 0.05) is 13.2 Å². The monoisotopic (exact) mass is 170 g/mol. The quantitative estimate of drug-likeness (QED) is 0.644. The van der Waals surface area contributed by atoms with Crippen LogP contribution in [0, 0.1) is 11.3 Å². The molecule has 1 N–H and O–H groups in total. The molecule has 2 fully saturated rings. The predicted molar refractivity (Wildman–Crippen MR) is 42.8 cm³/mol. The first-order chi connectivity index (χ1) is 5.75. The Morgan fingerprint density at radius 3 is 2.42 bits per heavy atom. The topological polar surface area (TPSA) is 46.5 Å². The number of rotatable bonds is 1. The van der Waals surface area contributed by atoms with Gasteiger partial charge in [-0.2, -0.15) is 0 Å². The van der Waals surface area contributed by atoms with Gasteiger partial charge in [0.1, 0.15) is 0 Å². The summed E-state index contributed by atoms with van der Waals surface area (Å²) in [4.78, 5) is 10.8. The summed E-state index contributed by atoms with van der Waals surface area (Å²) in [6.45, 7) is 1.51. The zero-order valence-electron chi connectivity index (χ0n) is 7.08. The van der Waals surface area contributed by atoms with Crippen molar-refractivity contribution in [1.82, 2.24) is 0 Å². The molecule has 12 heavy (non-hydrogen) atoms. The van der Waals surface area contributed by atoms with Crippen LogP contribution in [-0.4, -0.2) is 24.3 Å². The second-order valence-corrected chi connectivity index (χ2v) is 3.90. The summed E-state index contributed by atoms with van der Waals surface area (Å²) in [5, 5.41) is 8.91. The van der Waals surface area contributed by atoms with Crippen molar-refractivity contribution in [2.75, 3.05) is 13.2 Å². The largest absolute Gasteiger partial charge is 0.481 e. The molecule has 1 aliphatic heterocycles. The first-order valence-electron chi connectivity index (χ1n) is 4.55. The maximum Gasteiger partial charge on any atom is 0.307 e. The molecule has 3 heteroatoms. The van der Waals surface area contributed by atoms with E-state index in [1.165, 1.54) is 0 Å². The highest BCUT2D eigenvalue weighted by Gasteiger charge is 2.50. The molecule has 1 spiro atoms. The van der Waals surface area contributed by atoms with E-state index in [0.717, 1.165) is 38.9 Å². The number of hydrogen-bond acceptors (Lipinski definition) is 2. The normalized spacial score (nSPS) is 32.8. The third kappa shape index (κ3) is 1.04. The second-order valence-electron chi connectivity index (χ2n) is 3.90. The maximum absolute atomic E-state index is 10.8. The fraction of sp³-hybridized carbons (Fsp3) is 0.889. The van der Waals surface area contributed by atoms with E-state index in [0.29, 0.717) is 0 Å². The zero-order valence-corrected chi connectivity index (χ0v) is 7.08. The minimum absolute atomic E-state index is 0.0820. The van der Waals surface area contributed by atoms with Crippen molar-refractivity contribution >= 4 is 5.97 Å². The van der Waals surface area contributed by atoms with Gasteiger partial charge in [0.25, 0.3) is 0 Å². The average Bonchev–Trinajstić information content (AvgIpc) is 2.03. The summed E-state index contributed by atoms with van der Waals surface area (Å²) in [6.07, 6.45) is 3.86. The summed E-state index contributed by atoms with van der Waals surface area (Å²) >= 11 is 0. The SMILES string of the molecule is O=C(O)[C@H]1CCC12CCOCC2. The van der Waals surface area contributed by atoms with E-state index in [1.807, 2.05) is 0 Å². The number of aliphatic carboxylic acids is 1. The van der Waals surface area contributed by atoms with Crippen LogP contribution in [0.15, 0.2) is 0 Å². The molecule has 0 aromatic heterocycles. The van der Waals surface area contributed by atoms with E-state index in [9.17, 15) is 4.79 Å². The Bertz CT molecular complexity index is 194. The van der Waals surface area contributed by atoms with E-state index in [2.05, 4.69) is 0 Å². The van der Waals surface area contributed by atoms with E-state index >= 15 is 0 Å². The van der Waals surface area contributed by atoms with E-state index < -0.39 is 5.97 Å². The molecule has 1 saturated carbocycles. The fourth-order valence-corrected chi connectivity index (χ4v) is 2.46. The summed E-state index contributed by atoms with van der Waals surface area (Å²) in [7, 11) is 0. The summed E-state index contributed by atoms with van der Waals surface area (Å²) in [5.74, 6) is -0.690. The highest BCUT2D eigenvalue weighted by molar-refractivity contribution is 5.72. The molecule has 0 aromatic carbocycles. The third-order valence-corrected chi connectivity index (χ3v) is 3.46. The summed E-state index contributed by atoms with van der Waals surface area (Å²) in [6, 6.07) is 0. The maximum atomic E-state index is 10.8. The second kappa shape index (κ2) is 2.73. The third-order valence-electron chi connectivity index (χ3n) is 3.46. The van der Waals surface area contributed by atoms with Crippen LogP contribution in [0.25, 0.3) is 0 Å². The minimum atomic E-state index is -0.608. The van der Waals surface area contributed by atoms with Crippen LogP contribution < -0.4 is 0 Å². The van der Waals surface area contributed by atoms with Crippen LogP contribution in [0.1, 0.15) is 25.7 Å². The van der Waals surface area contributed by atoms with Crippen LogP contribution in [0.5, 0.6) is 0 Å². The summed E-state index contributed by atoms with van der Waals surface area (Å²) < 4.78 is 5.24. The van der Waals surface area contributed by atoms with Gasteiger partial charge in [0.15, 0.2) is 0 Å². The Balaban J connectivity index is 2.05. The lowest BCUT2D eigenvalue weighted by atomic mass is 9.56. The lowest BCUT2D eigenvalue weighted by molar-refractivity contribution is -0.161. The van der Waals surface area contributed by atoms with Crippen molar-refractivity contribution in [1.29, 1.82) is 0 Å². The molecule has 1 atom stereocenters. The van der Waals surface area contributed by atoms with Gasteiger partial charge < -0.3 is 9.84 Å². The van der Waals surface area contributed by atoms with E-state index in [1.54, 1.807) is 0 Å². The molecule has 1 saturated heterocycles. The van der Waals surface area contributed by atoms with Crippen molar-refractivity contribution in [3.05, 3.63) is 0 Å². The molecule has 1 aliphatic carbocycles. The van der Waals surface area contributed by atoms with Crippen LogP contribution in [0.2, 0.25) is 0 Å². The Labute approximate surface area is 71.7 Å². The molecule has 0 aromatic rings. The molecule has 1 heterocycles. The highest BCUT2D eigenvalue weighted by Crippen LogP contribution is 2.53. The smallest absolute Gasteiger partial charge is 0.307 e. The first kappa shape index (κ1) is 8.05. The highest BCUT2D eigenvalue weighted by atomic mass is 16.5. The van der Waals surface area contributed by atoms with E-state index in [4.69, 9.17) is 9.84 Å². The van der Waals surface area contributed by atoms with Gasteiger partial charge in [0.05, 0.1) is 5.92 Å². The first-order valence-corrected chi connectivity index (χ1v) is 4.55. The van der Waals surface area contributed by atoms with Crippen molar-refractivity contribution in [3.63, 3.8) is 0 Å². The standard InChI is InChI=1S/C9H14O3/c10-8(11)7-1-2-9(7)3-5-12-6-4-9/h7H,1-6H2,(H,10,11)/t7-/m1/s1. The average molecular weight is 170 g/mol. The van der Waals surface area contributed by atoms with Crippen LogP contribution >= 0.6 is 0 Å². The number of carboxylic acid groups (broad SMARTS) is 1. The van der Waals surface area contributed by atoms with Crippen LogP contribution in [-0.2, 0) is 9.53 Å². The number of ether oxygens (including phenoxy) is 1. The van der Waals surface area contributed by atoms with Crippen molar-refractivity contribution in [3.8, 4) is 0 Å². The predicted octanol–water partition coefficient (Wildman–Crippen LogP) is 1.28. The van der Waals surface area contributed by atoms with Gasteiger partial charge in [-0.05, 0) is 31.1 Å². The molecule has 3 nitrogen and oxygen atoms in total. The van der Waals surface area contributed by atoms with Gasteiger partial charge in [0.2, 0.25) is 0 Å². The molecule has 0 radical (unpaired) electrons. The number of carbonyl (C=O) groups is 1. The zero-order chi connectivity index (χ0) is 8.60. The van der Waals surface area contributed by atoms with Crippen molar-refractivity contribution in [2.24, 2.45) is 11.3 Å². The van der Waals surface area contributed by atoms with Gasteiger partial charge in [-0.25, -0.2) is 0 Å². The Hall–Kier alpha value is -0.570. The minimum Gasteiger partial charge on any atom is -0.481 e. The lowest BCUT2D eigenvalue weighted by Crippen LogP contribution is -2.48. The molecule has 0 unspecified atom stereocenters. The molecular weight excluding hydrogens is 156 g/mol. The number of hydrogen-bond donors (Lipinski definition) is 1. The lowest BCUT2D eigenvalue weighted by Gasteiger charge is -2.49. The molecule has 2 aliphatic rings. The van der Waals surface area contributed by atoms with Crippen LogP contribution in [0.4, 0.5) is 0 Å². The molecule has 2 rings (SSSR count). The van der Waals surface area contributed by atoms with Gasteiger partial charge in [-0.15, -0.1) is 0 Å².